The van der Waals surface area contributed by atoms with Crippen LogP contribution in [-0.4, -0.2) is 12.7 Å². The molecule has 1 heterocycles. The first-order chi connectivity index (χ1) is 12.0. The largest absolute Gasteiger partial charge is 0.565 e. The molecular weight excluding hydrogens is 309 g/mol. The van der Waals surface area contributed by atoms with Crippen molar-refractivity contribution in [2.75, 3.05) is 5.32 Å². The summed E-state index contributed by atoms with van der Waals surface area (Å²) in [6, 6.07) is 22.6. The van der Waals surface area contributed by atoms with Crippen molar-refractivity contribution < 1.29 is 9.31 Å². The Morgan fingerprint density at radius 3 is 2.36 bits per heavy atom. The number of anilines is 2. The molecule has 3 aromatic carbocycles. The minimum atomic E-state index is -0.489. The second-order valence-electron chi connectivity index (χ2n) is 6.74. The van der Waals surface area contributed by atoms with Gasteiger partial charge in [-0.05, 0) is 31.4 Å². The summed E-state index contributed by atoms with van der Waals surface area (Å²) in [5, 5.41) is 5.93. The minimum absolute atomic E-state index is 0.457. The van der Waals surface area contributed by atoms with Crippen LogP contribution in [0.25, 0.3) is 10.8 Å². The molecule has 1 aliphatic rings. The van der Waals surface area contributed by atoms with Gasteiger partial charge in [-0.3, -0.25) is 0 Å². The second kappa shape index (κ2) is 5.98. The number of hydrogen-bond acceptors (Lipinski definition) is 3. The molecule has 0 bridgehead atoms. The normalized spacial score (nSPS) is 16.1. The van der Waals surface area contributed by atoms with Crippen LogP contribution < -0.4 is 10.8 Å². The molecule has 124 valence electrons. The Balaban J connectivity index is 1.71. The molecular formula is C21H20BNO2. The quantitative estimate of drug-likeness (QED) is 0.712. The van der Waals surface area contributed by atoms with Crippen molar-refractivity contribution in [3.8, 4) is 0 Å². The average molecular weight is 329 g/mol. The smallest absolute Gasteiger partial charge is 0.534 e. The summed E-state index contributed by atoms with van der Waals surface area (Å²) in [5.74, 6) is 0.650. The predicted octanol–water partition coefficient (Wildman–Crippen LogP) is 4.62. The number of nitrogens with one attached hydrogen (secondary N) is 1. The maximum atomic E-state index is 6.05. The summed E-state index contributed by atoms with van der Waals surface area (Å²) in [6.07, 6.45) is 0. The van der Waals surface area contributed by atoms with Crippen LogP contribution >= 0.6 is 0 Å². The van der Waals surface area contributed by atoms with Crippen molar-refractivity contribution in [3.05, 3.63) is 79.1 Å². The molecule has 0 aliphatic carbocycles. The van der Waals surface area contributed by atoms with Crippen molar-refractivity contribution in [1.82, 2.24) is 0 Å². The predicted molar refractivity (Wildman–Crippen MR) is 104 cm³/mol. The zero-order chi connectivity index (χ0) is 17.4. The Bertz CT molecular complexity index is 946. The SMILES string of the molecule is C=C1OB(c2ccccc2Nc2cccc3ccccc23)OC1(C)C. The number of benzene rings is 3. The topological polar surface area (TPSA) is 30.5 Å². The van der Waals surface area contributed by atoms with Gasteiger partial charge in [0.15, 0.2) is 0 Å². The minimum Gasteiger partial charge on any atom is -0.534 e. The fourth-order valence-electron chi connectivity index (χ4n) is 3.05. The van der Waals surface area contributed by atoms with Gasteiger partial charge in [0.05, 0.1) is 5.76 Å². The summed E-state index contributed by atoms with van der Waals surface area (Å²) in [5.41, 5.74) is 2.50. The highest BCUT2D eigenvalue weighted by molar-refractivity contribution is 6.64. The zero-order valence-corrected chi connectivity index (χ0v) is 14.5. The van der Waals surface area contributed by atoms with E-state index in [1.54, 1.807) is 0 Å². The first-order valence-corrected chi connectivity index (χ1v) is 8.42. The van der Waals surface area contributed by atoms with E-state index in [-0.39, 0.29) is 0 Å². The van der Waals surface area contributed by atoms with E-state index in [0.717, 1.165) is 16.8 Å². The van der Waals surface area contributed by atoms with E-state index in [1.165, 1.54) is 10.8 Å². The summed E-state index contributed by atoms with van der Waals surface area (Å²) >= 11 is 0. The van der Waals surface area contributed by atoms with E-state index >= 15 is 0 Å². The highest BCUT2D eigenvalue weighted by atomic mass is 16.7. The van der Waals surface area contributed by atoms with Gasteiger partial charge in [0.2, 0.25) is 0 Å². The molecule has 1 saturated heterocycles. The molecule has 3 nitrogen and oxygen atoms in total. The molecule has 1 aliphatic heterocycles. The van der Waals surface area contributed by atoms with Crippen molar-refractivity contribution in [2.24, 2.45) is 0 Å². The van der Waals surface area contributed by atoms with Crippen LogP contribution in [0.15, 0.2) is 79.1 Å². The van der Waals surface area contributed by atoms with Crippen LogP contribution in [0.2, 0.25) is 0 Å². The van der Waals surface area contributed by atoms with Gasteiger partial charge in [0.1, 0.15) is 5.60 Å². The van der Waals surface area contributed by atoms with Crippen molar-refractivity contribution in [2.45, 2.75) is 19.4 Å². The van der Waals surface area contributed by atoms with Crippen LogP contribution in [0.5, 0.6) is 0 Å². The fourth-order valence-corrected chi connectivity index (χ4v) is 3.05. The summed E-state index contributed by atoms with van der Waals surface area (Å²) in [4.78, 5) is 0. The summed E-state index contributed by atoms with van der Waals surface area (Å²) in [6.45, 7) is 7.91. The zero-order valence-electron chi connectivity index (χ0n) is 14.5. The molecule has 0 aromatic heterocycles. The molecule has 25 heavy (non-hydrogen) atoms. The molecule has 0 amide bonds. The van der Waals surface area contributed by atoms with Crippen molar-refractivity contribution >= 4 is 34.7 Å². The van der Waals surface area contributed by atoms with Gasteiger partial charge in [-0.2, -0.15) is 0 Å². The maximum absolute atomic E-state index is 6.05. The summed E-state index contributed by atoms with van der Waals surface area (Å²) < 4.78 is 11.9. The van der Waals surface area contributed by atoms with Crippen LogP contribution in [0, 0.1) is 0 Å². The van der Waals surface area contributed by atoms with Crippen LogP contribution in [0.1, 0.15) is 13.8 Å². The highest BCUT2D eigenvalue weighted by Crippen LogP contribution is 2.31. The van der Waals surface area contributed by atoms with Crippen LogP contribution in [0.4, 0.5) is 11.4 Å². The third kappa shape index (κ3) is 2.90. The lowest BCUT2D eigenvalue weighted by Gasteiger charge is -2.17. The number of rotatable bonds is 3. The van der Waals surface area contributed by atoms with E-state index in [2.05, 4.69) is 48.3 Å². The van der Waals surface area contributed by atoms with E-state index in [0.29, 0.717) is 5.76 Å². The van der Waals surface area contributed by atoms with E-state index < -0.39 is 12.7 Å². The van der Waals surface area contributed by atoms with Crippen molar-refractivity contribution in [3.63, 3.8) is 0 Å². The molecule has 0 radical (unpaired) electrons. The molecule has 0 unspecified atom stereocenters. The first-order valence-electron chi connectivity index (χ1n) is 8.42. The number of fused-ring (bicyclic) bond motifs is 1. The summed E-state index contributed by atoms with van der Waals surface area (Å²) in [7, 11) is -0.457. The van der Waals surface area contributed by atoms with Gasteiger partial charge < -0.3 is 14.6 Å². The molecule has 0 atom stereocenters. The van der Waals surface area contributed by atoms with Gasteiger partial charge in [-0.15, -0.1) is 0 Å². The third-order valence-corrected chi connectivity index (χ3v) is 4.60. The highest BCUT2D eigenvalue weighted by Gasteiger charge is 2.43. The standard InChI is InChI=1S/C21H20BNO2/c1-15-21(2,3)25-22(24-15)18-12-6-7-13-20(18)23-19-14-8-10-16-9-4-5-11-17(16)19/h4-14,23H,1H2,2-3H3. The lowest BCUT2D eigenvalue weighted by atomic mass is 9.78. The van der Waals surface area contributed by atoms with Gasteiger partial charge >= 0.3 is 7.12 Å². The van der Waals surface area contributed by atoms with E-state index in [9.17, 15) is 0 Å². The van der Waals surface area contributed by atoms with Gasteiger partial charge in [-0.1, -0.05) is 61.2 Å². The van der Waals surface area contributed by atoms with E-state index in [1.807, 2.05) is 44.2 Å². The molecule has 0 spiro atoms. The number of hydrogen-bond donors (Lipinski definition) is 1. The van der Waals surface area contributed by atoms with Gasteiger partial charge in [-0.25, -0.2) is 0 Å². The third-order valence-electron chi connectivity index (χ3n) is 4.60. The molecule has 4 heteroatoms. The van der Waals surface area contributed by atoms with Crippen molar-refractivity contribution in [1.29, 1.82) is 0 Å². The second-order valence-corrected chi connectivity index (χ2v) is 6.74. The van der Waals surface area contributed by atoms with Crippen LogP contribution in [-0.2, 0) is 9.31 Å². The van der Waals surface area contributed by atoms with Gasteiger partial charge in [0.25, 0.3) is 0 Å². The fraction of sp³-hybridized carbons (Fsp3) is 0.143. The molecule has 1 fully saturated rings. The molecule has 3 aromatic rings. The van der Waals surface area contributed by atoms with Crippen LogP contribution in [0.3, 0.4) is 0 Å². The Labute approximate surface area is 148 Å². The number of para-hydroxylation sites is 1. The Kier molecular flexibility index (Phi) is 3.77. The lowest BCUT2D eigenvalue weighted by molar-refractivity contribution is 0.173. The van der Waals surface area contributed by atoms with Gasteiger partial charge in [0, 0.05) is 22.2 Å². The maximum Gasteiger partial charge on any atom is 0.565 e. The lowest BCUT2D eigenvalue weighted by Crippen LogP contribution is -2.35. The molecule has 1 N–H and O–H groups in total. The molecule has 0 saturated carbocycles. The Morgan fingerprint density at radius 1 is 0.880 bits per heavy atom. The average Bonchev–Trinajstić information content (AvgIpc) is 2.89. The Morgan fingerprint density at radius 2 is 1.56 bits per heavy atom. The monoisotopic (exact) mass is 329 g/mol. The first kappa shape index (κ1) is 15.8. The molecule has 4 rings (SSSR count). The van der Waals surface area contributed by atoms with E-state index in [4.69, 9.17) is 9.31 Å². The Hall–Kier alpha value is -2.72.